The number of aromatic nitrogens is 1. The summed E-state index contributed by atoms with van der Waals surface area (Å²) >= 11 is 5.94. The van der Waals surface area contributed by atoms with Crippen molar-refractivity contribution in [3.63, 3.8) is 0 Å². The Balaban J connectivity index is 2.75. The third-order valence-corrected chi connectivity index (χ3v) is 3.05. The molecule has 0 atom stereocenters. The summed E-state index contributed by atoms with van der Waals surface area (Å²) in [4.78, 5) is 12.2. The first-order valence-corrected chi connectivity index (χ1v) is 5.22. The van der Waals surface area contributed by atoms with Gasteiger partial charge >= 0.3 is 0 Å². The molecule has 0 aliphatic carbocycles. The lowest BCUT2D eigenvalue weighted by Crippen LogP contribution is -2.07. The number of furan rings is 1. The van der Waals surface area contributed by atoms with E-state index in [9.17, 15) is 4.79 Å². The van der Waals surface area contributed by atoms with Gasteiger partial charge in [0.1, 0.15) is 11.6 Å². The van der Waals surface area contributed by atoms with Crippen LogP contribution in [0.15, 0.2) is 39.7 Å². The minimum Gasteiger partial charge on any atom is -0.446 e. The van der Waals surface area contributed by atoms with Gasteiger partial charge in [0.05, 0.1) is 10.5 Å². The topological polar surface area (TPSA) is 35.1 Å². The zero-order valence-electron chi connectivity index (χ0n) is 8.53. The number of hydrogen-bond acceptors (Lipinski definition) is 2. The number of para-hydroxylation sites is 1. The summed E-state index contributed by atoms with van der Waals surface area (Å²) in [6.45, 7) is 0. The van der Waals surface area contributed by atoms with Gasteiger partial charge in [0.2, 0.25) is 11.1 Å². The SMILES string of the molecule is Cn1c2ccccc2c(=O)c2c(Cl)coc21. The summed E-state index contributed by atoms with van der Waals surface area (Å²) in [5.74, 6) is 0. The van der Waals surface area contributed by atoms with E-state index in [1.165, 1.54) is 6.26 Å². The molecule has 3 rings (SSSR count). The van der Waals surface area contributed by atoms with Gasteiger partial charge in [-0.25, -0.2) is 0 Å². The van der Waals surface area contributed by atoms with Crippen LogP contribution in [0.3, 0.4) is 0 Å². The van der Waals surface area contributed by atoms with Crippen molar-refractivity contribution in [1.82, 2.24) is 4.57 Å². The largest absolute Gasteiger partial charge is 0.446 e. The minimum absolute atomic E-state index is 0.0811. The molecule has 16 heavy (non-hydrogen) atoms. The Morgan fingerprint density at radius 2 is 2.06 bits per heavy atom. The highest BCUT2D eigenvalue weighted by Gasteiger charge is 2.14. The smallest absolute Gasteiger partial charge is 0.212 e. The lowest BCUT2D eigenvalue weighted by Gasteiger charge is -2.05. The first kappa shape index (κ1) is 9.48. The summed E-state index contributed by atoms with van der Waals surface area (Å²) in [5, 5.41) is 1.46. The highest BCUT2D eigenvalue weighted by Crippen LogP contribution is 2.25. The standard InChI is InChI=1S/C12H8ClNO2/c1-14-9-5-3-2-4-7(9)11(15)10-8(13)6-16-12(10)14/h2-6H,1H3. The number of nitrogens with zero attached hydrogens (tertiary/aromatic N) is 1. The van der Waals surface area contributed by atoms with E-state index in [4.69, 9.17) is 16.0 Å². The van der Waals surface area contributed by atoms with Crippen molar-refractivity contribution in [2.45, 2.75) is 0 Å². The van der Waals surface area contributed by atoms with Crippen molar-refractivity contribution in [3.05, 3.63) is 45.8 Å². The average Bonchev–Trinajstić information content (AvgIpc) is 2.69. The number of halogens is 1. The molecule has 0 radical (unpaired) electrons. The summed E-state index contributed by atoms with van der Waals surface area (Å²) < 4.78 is 7.13. The highest BCUT2D eigenvalue weighted by molar-refractivity contribution is 6.35. The van der Waals surface area contributed by atoms with Gasteiger partial charge in [0, 0.05) is 12.4 Å². The third-order valence-electron chi connectivity index (χ3n) is 2.77. The van der Waals surface area contributed by atoms with Gasteiger partial charge in [-0.2, -0.15) is 0 Å². The summed E-state index contributed by atoms with van der Waals surface area (Å²) in [7, 11) is 1.85. The Morgan fingerprint density at radius 3 is 2.88 bits per heavy atom. The summed E-state index contributed by atoms with van der Waals surface area (Å²) in [6.07, 6.45) is 1.40. The van der Waals surface area contributed by atoms with Crippen molar-refractivity contribution in [3.8, 4) is 0 Å². The quantitative estimate of drug-likeness (QED) is 0.598. The number of pyridine rings is 1. The molecule has 0 saturated carbocycles. The van der Waals surface area contributed by atoms with Crippen LogP contribution in [0, 0.1) is 0 Å². The van der Waals surface area contributed by atoms with Crippen LogP contribution in [0.1, 0.15) is 0 Å². The second kappa shape index (κ2) is 3.12. The lowest BCUT2D eigenvalue weighted by molar-refractivity contribution is 0.586. The number of benzene rings is 1. The van der Waals surface area contributed by atoms with Crippen LogP contribution >= 0.6 is 11.6 Å². The van der Waals surface area contributed by atoms with Crippen molar-refractivity contribution >= 4 is 33.6 Å². The normalized spacial score (nSPS) is 11.4. The van der Waals surface area contributed by atoms with Crippen LogP contribution in [0.2, 0.25) is 5.02 Å². The molecule has 3 nitrogen and oxygen atoms in total. The minimum atomic E-state index is -0.0811. The molecule has 0 N–H and O–H groups in total. The molecule has 1 aromatic carbocycles. The molecule has 0 fully saturated rings. The zero-order chi connectivity index (χ0) is 11.3. The molecule has 0 spiro atoms. The summed E-state index contributed by atoms with van der Waals surface area (Å²) in [6, 6.07) is 7.40. The molecule has 0 saturated heterocycles. The first-order chi connectivity index (χ1) is 7.70. The molecular formula is C12H8ClNO2. The van der Waals surface area contributed by atoms with E-state index in [1.807, 2.05) is 29.8 Å². The van der Waals surface area contributed by atoms with Crippen molar-refractivity contribution < 1.29 is 4.42 Å². The predicted octanol–water partition coefficient (Wildman–Crippen LogP) is 2.94. The molecule has 4 heteroatoms. The van der Waals surface area contributed by atoms with E-state index >= 15 is 0 Å². The van der Waals surface area contributed by atoms with Crippen LogP contribution in [0.25, 0.3) is 22.0 Å². The van der Waals surface area contributed by atoms with Gasteiger partial charge < -0.3 is 8.98 Å². The molecule has 3 aromatic rings. The number of rotatable bonds is 0. The Morgan fingerprint density at radius 1 is 1.31 bits per heavy atom. The van der Waals surface area contributed by atoms with E-state index in [0.29, 0.717) is 21.5 Å². The number of hydrogen-bond donors (Lipinski definition) is 0. The second-order valence-electron chi connectivity index (χ2n) is 3.67. The molecule has 0 unspecified atom stereocenters. The molecule has 0 aliphatic rings. The molecule has 2 aromatic heterocycles. The van der Waals surface area contributed by atoms with Crippen LogP contribution in [0.4, 0.5) is 0 Å². The van der Waals surface area contributed by atoms with Gasteiger partial charge in [-0.3, -0.25) is 4.79 Å². The highest BCUT2D eigenvalue weighted by atomic mass is 35.5. The first-order valence-electron chi connectivity index (χ1n) is 4.84. The van der Waals surface area contributed by atoms with Gasteiger partial charge in [-0.15, -0.1) is 0 Å². The van der Waals surface area contributed by atoms with E-state index < -0.39 is 0 Å². The molecule has 2 heterocycles. The number of aryl methyl sites for hydroxylation is 1. The lowest BCUT2D eigenvalue weighted by atomic mass is 10.2. The Hall–Kier alpha value is -1.74. The van der Waals surface area contributed by atoms with Crippen LogP contribution in [0.5, 0.6) is 0 Å². The fraction of sp³-hybridized carbons (Fsp3) is 0.0833. The fourth-order valence-corrected chi connectivity index (χ4v) is 2.19. The van der Waals surface area contributed by atoms with Crippen LogP contribution in [-0.4, -0.2) is 4.57 Å². The second-order valence-corrected chi connectivity index (χ2v) is 4.08. The average molecular weight is 234 g/mol. The van der Waals surface area contributed by atoms with Gasteiger partial charge in [0.25, 0.3) is 0 Å². The molecule has 80 valence electrons. The predicted molar refractivity (Wildman–Crippen MR) is 64.0 cm³/mol. The Labute approximate surface area is 95.8 Å². The zero-order valence-corrected chi connectivity index (χ0v) is 9.28. The van der Waals surface area contributed by atoms with Gasteiger partial charge in [-0.05, 0) is 12.1 Å². The van der Waals surface area contributed by atoms with Crippen LogP contribution in [-0.2, 0) is 7.05 Å². The maximum atomic E-state index is 12.2. The van der Waals surface area contributed by atoms with E-state index in [1.54, 1.807) is 6.07 Å². The molecule has 0 aliphatic heterocycles. The molecule has 0 bridgehead atoms. The van der Waals surface area contributed by atoms with E-state index in [2.05, 4.69) is 0 Å². The van der Waals surface area contributed by atoms with E-state index in [-0.39, 0.29) is 5.43 Å². The van der Waals surface area contributed by atoms with E-state index in [0.717, 1.165) is 5.52 Å². The number of fused-ring (bicyclic) bond motifs is 2. The van der Waals surface area contributed by atoms with Crippen LogP contribution < -0.4 is 5.43 Å². The molecular weight excluding hydrogens is 226 g/mol. The van der Waals surface area contributed by atoms with Crippen molar-refractivity contribution in [1.29, 1.82) is 0 Å². The molecule has 0 amide bonds. The maximum absolute atomic E-state index is 12.2. The van der Waals surface area contributed by atoms with Crippen molar-refractivity contribution in [2.24, 2.45) is 7.05 Å². The monoisotopic (exact) mass is 233 g/mol. The summed E-state index contributed by atoms with van der Waals surface area (Å²) in [5.41, 5.74) is 1.27. The Kier molecular flexibility index (Phi) is 1.85. The van der Waals surface area contributed by atoms with Gasteiger partial charge in [-0.1, -0.05) is 23.7 Å². The Bertz CT molecular complexity index is 755. The van der Waals surface area contributed by atoms with Gasteiger partial charge in [0.15, 0.2) is 0 Å². The third kappa shape index (κ3) is 1.06. The fourth-order valence-electron chi connectivity index (χ4n) is 1.98. The van der Waals surface area contributed by atoms with Crippen molar-refractivity contribution in [2.75, 3.05) is 0 Å². The maximum Gasteiger partial charge on any atom is 0.212 e.